The maximum atomic E-state index is 5.54. The van der Waals surface area contributed by atoms with Crippen molar-refractivity contribution >= 4 is 0 Å². The van der Waals surface area contributed by atoms with Gasteiger partial charge in [0.1, 0.15) is 0 Å². The Morgan fingerprint density at radius 2 is 1.92 bits per heavy atom. The normalized spacial score (nSPS) is 36.0. The molecule has 0 aromatic rings. The molecule has 0 bridgehead atoms. The van der Waals surface area contributed by atoms with Gasteiger partial charge >= 0.3 is 0 Å². The quantitative estimate of drug-likeness (QED) is 0.642. The summed E-state index contributed by atoms with van der Waals surface area (Å²) in [7, 11) is 0. The Bertz CT molecular complexity index is 110. The summed E-state index contributed by atoms with van der Waals surface area (Å²) in [4.78, 5) is 0. The first-order chi connectivity index (χ1) is 5.95. The Kier molecular flexibility index (Phi) is 2.98. The van der Waals surface area contributed by atoms with E-state index in [1.54, 1.807) is 0 Å². The molecular formula is C9H16O3. The lowest BCUT2D eigenvalue weighted by Crippen LogP contribution is -2.20. The van der Waals surface area contributed by atoms with E-state index in [1.165, 1.54) is 6.42 Å². The van der Waals surface area contributed by atoms with E-state index in [0.29, 0.717) is 12.7 Å². The third-order valence-electron chi connectivity index (χ3n) is 2.38. The largest absolute Gasteiger partial charge is 0.376 e. The summed E-state index contributed by atoms with van der Waals surface area (Å²) in [5.74, 6) is 0. The Hall–Kier alpha value is -0.120. The second-order valence-corrected chi connectivity index (χ2v) is 3.41. The van der Waals surface area contributed by atoms with Crippen molar-refractivity contribution < 1.29 is 14.2 Å². The van der Waals surface area contributed by atoms with Crippen LogP contribution in [0.2, 0.25) is 0 Å². The first-order valence-corrected chi connectivity index (χ1v) is 4.80. The van der Waals surface area contributed by atoms with E-state index in [1.807, 2.05) is 0 Å². The molecule has 0 aliphatic carbocycles. The Labute approximate surface area is 73.0 Å². The van der Waals surface area contributed by atoms with Crippen molar-refractivity contribution in [3.05, 3.63) is 0 Å². The molecule has 2 heterocycles. The zero-order valence-corrected chi connectivity index (χ0v) is 7.33. The maximum absolute atomic E-state index is 5.54. The molecule has 70 valence electrons. The van der Waals surface area contributed by atoms with Crippen molar-refractivity contribution in [1.82, 2.24) is 0 Å². The average Bonchev–Trinajstić information content (AvgIpc) is 2.74. The SMILES string of the molecule is C1COC(COC2CCCO2)C1. The van der Waals surface area contributed by atoms with Gasteiger partial charge in [0.05, 0.1) is 12.7 Å². The molecule has 2 rings (SSSR count). The molecule has 0 radical (unpaired) electrons. The molecule has 2 aliphatic heterocycles. The molecule has 2 atom stereocenters. The monoisotopic (exact) mass is 172 g/mol. The van der Waals surface area contributed by atoms with Crippen molar-refractivity contribution in [2.24, 2.45) is 0 Å². The summed E-state index contributed by atoms with van der Waals surface area (Å²) in [6.45, 7) is 2.47. The molecule has 0 saturated carbocycles. The van der Waals surface area contributed by atoms with Gasteiger partial charge in [-0.3, -0.25) is 0 Å². The highest BCUT2D eigenvalue weighted by Gasteiger charge is 2.20. The fraction of sp³-hybridized carbons (Fsp3) is 1.00. The first kappa shape index (κ1) is 8.48. The molecule has 0 aromatic carbocycles. The third kappa shape index (κ3) is 2.19. The zero-order chi connectivity index (χ0) is 8.23. The first-order valence-electron chi connectivity index (χ1n) is 4.80. The van der Waals surface area contributed by atoms with Crippen LogP contribution in [0.5, 0.6) is 0 Å². The van der Waals surface area contributed by atoms with Crippen LogP contribution in [0.1, 0.15) is 25.7 Å². The van der Waals surface area contributed by atoms with Gasteiger partial charge in [-0.15, -0.1) is 0 Å². The predicted octanol–water partition coefficient (Wildman–Crippen LogP) is 1.32. The fourth-order valence-corrected chi connectivity index (χ4v) is 1.67. The van der Waals surface area contributed by atoms with Gasteiger partial charge in [-0.25, -0.2) is 0 Å². The third-order valence-corrected chi connectivity index (χ3v) is 2.38. The van der Waals surface area contributed by atoms with Crippen LogP contribution >= 0.6 is 0 Å². The Morgan fingerprint density at radius 3 is 2.58 bits per heavy atom. The van der Waals surface area contributed by atoms with E-state index < -0.39 is 0 Å². The molecule has 3 nitrogen and oxygen atoms in total. The van der Waals surface area contributed by atoms with Gasteiger partial charge in [0, 0.05) is 19.6 Å². The van der Waals surface area contributed by atoms with Gasteiger partial charge in [-0.2, -0.15) is 0 Å². The lowest BCUT2D eigenvalue weighted by molar-refractivity contribution is -0.131. The minimum Gasteiger partial charge on any atom is -0.376 e. The Balaban J connectivity index is 1.60. The topological polar surface area (TPSA) is 27.7 Å². The molecule has 2 fully saturated rings. The van der Waals surface area contributed by atoms with Crippen molar-refractivity contribution in [3.8, 4) is 0 Å². The van der Waals surface area contributed by atoms with Gasteiger partial charge in [-0.1, -0.05) is 0 Å². The van der Waals surface area contributed by atoms with Crippen LogP contribution in [-0.2, 0) is 14.2 Å². The average molecular weight is 172 g/mol. The minimum absolute atomic E-state index is 0.0502. The highest BCUT2D eigenvalue weighted by Crippen LogP contribution is 2.17. The molecule has 0 N–H and O–H groups in total. The molecule has 2 aliphatic rings. The van der Waals surface area contributed by atoms with Crippen LogP contribution in [0.3, 0.4) is 0 Å². The molecule has 2 saturated heterocycles. The summed E-state index contributed by atoms with van der Waals surface area (Å²) in [6, 6.07) is 0. The fourth-order valence-electron chi connectivity index (χ4n) is 1.67. The second-order valence-electron chi connectivity index (χ2n) is 3.41. The molecule has 0 aromatic heterocycles. The van der Waals surface area contributed by atoms with Crippen molar-refractivity contribution in [1.29, 1.82) is 0 Å². The summed E-state index contributed by atoms with van der Waals surface area (Å²) in [6.07, 6.45) is 4.89. The second kappa shape index (κ2) is 4.21. The summed E-state index contributed by atoms with van der Waals surface area (Å²) in [5, 5.41) is 0. The summed E-state index contributed by atoms with van der Waals surface area (Å²) >= 11 is 0. The molecule has 2 unspecified atom stereocenters. The van der Waals surface area contributed by atoms with Gasteiger partial charge in [-0.05, 0) is 19.3 Å². The van der Waals surface area contributed by atoms with Gasteiger partial charge in [0.25, 0.3) is 0 Å². The number of hydrogen-bond acceptors (Lipinski definition) is 3. The van der Waals surface area contributed by atoms with Crippen LogP contribution in [0.25, 0.3) is 0 Å². The zero-order valence-electron chi connectivity index (χ0n) is 7.33. The molecule has 3 heteroatoms. The number of ether oxygens (including phenoxy) is 3. The smallest absolute Gasteiger partial charge is 0.157 e. The van der Waals surface area contributed by atoms with Gasteiger partial charge in [0.15, 0.2) is 6.29 Å². The van der Waals surface area contributed by atoms with E-state index in [4.69, 9.17) is 14.2 Å². The minimum atomic E-state index is 0.0502. The summed E-state index contributed by atoms with van der Waals surface area (Å²) < 4.78 is 16.3. The van der Waals surface area contributed by atoms with Crippen molar-refractivity contribution in [2.75, 3.05) is 19.8 Å². The van der Waals surface area contributed by atoms with Crippen molar-refractivity contribution in [3.63, 3.8) is 0 Å². The van der Waals surface area contributed by atoms with E-state index in [2.05, 4.69) is 0 Å². The molecular weight excluding hydrogens is 156 g/mol. The van der Waals surface area contributed by atoms with Crippen LogP contribution in [0.4, 0.5) is 0 Å². The number of hydrogen-bond donors (Lipinski definition) is 0. The Morgan fingerprint density at radius 1 is 1.08 bits per heavy atom. The highest BCUT2D eigenvalue weighted by molar-refractivity contribution is 4.64. The lowest BCUT2D eigenvalue weighted by Gasteiger charge is -2.14. The van der Waals surface area contributed by atoms with Crippen LogP contribution in [-0.4, -0.2) is 32.2 Å². The number of rotatable bonds is 3. The molecule has 12 heavy (non-hydrogen) atoms. The highest BCUT2D eigenvalue weighted by atomic mass is 16.7. The molecule has 0 amide bonds. The molecule has 0 spiro atoms. The standard InChI is InChI=1S/C9H16O3/c1-3-8(10-5-1)7-12-9-4-2-6-11-9/h8-9H,1-7H2. The van der Waals surface area contributed by atoms with Crippen LogP contribution in [0, 0.1) is 0 Å². The van der Waals surface area contributed by atoms with E-state index in [9.17, 15) is 0 Å². The van der Waals surface area contributed by atoms with E-state index >= 15 is 0 Å². The van der Waals surface area contributed by atoms with E-state index in [0.717, 1.165) is 32.5 Å². The maximum Gasteiger partial charge on any atom is 0.157 e. The predicted molar refractivity (Wildman–Crippen MR) is 43.9 cm³/mol. The van der Waals surface area contributed by atoms with Gasteiger partial charge < -0.3 is 14.2 Å². The van der Waals surface area contributed by atoms with Gasteiger partial charge in [0.2, 0.25) is 0 Å². The van der Waals surface area contributed by atoms with E-state index in [-0.39, 0.29) is 6.29 Å². The summed E-state index contributed by atoms with van der Waals surface area (Å²) in [5.41, 5.74) is 0. The lowest BCUT2D eigenvalue weighted by atomic mass is 10.2. The van der Waals surface area contributed by atoms with Crippen molar-refractivity contribution in [2.45, 2.75) is 38.1 Å². The van der Waals surface area contributed by atoms with Crippen LogP contribution in [0.15, 0.2) is 0 Å². The van der Waals surface area contributed by atoms with Crippen LogP contribution < -0.4 is 0 Å².